The van der Waals surface area contributed by atoms with E-state index in [1.807, 2.05) is 11.3 Å². The number of hydrogen-bond acceptors (Lipinski definition) is 8. The van der Waals surface area contributed by atoms with Gasteiger partial charge < -0.3 is 10.6 Å². The van der Waals surface area contributed by atoms with Gasteiger partial charge in [0.1, 0.15) is 10.0 Å². The lowest BCUT2D eigenvalue weighted by Crippen LogP contribution is -2.21. The molecule has 80 heavy (non-hydrogen) atoms. The molecule has 0 radical (unpaired) electrons. The number of aryl methyl sites for hydroxylation is 4. The summed E-state index contributed by atoms with van der Waals surface area (Å²) >= 11 is 14.7. The molecule has 6 heterocycles. The van der Waals surface area contributed by atoms with E-state index in [0.717, 1.165) is 78.8 Å². The van der Waals surface area contributed by atoms with Crippen LogP contribution >= 0.6 is 77.2 Å². The van der Waals surface area contributed by atoms with Crippen molar-refractivity contribution in [2.45, 2.75) is 310 Å². The van der Waals surface area contributed by atoms with Gasteiger partial charge in [0, 0.05) is 0 Å². The van der Waals surface area contributed by atoms with E-state index in [1.165, 1.54) is 263 Å². The van der Waals surface area contributed by atoms with Crippen molar-refractivity contribution in [1.82, 2.24) is 20.6 Å². The minimum atomic E-state index is -0.225. The predicted octanol–water partition coefficient (Wildman–Crippen LogP) is 23.8. The zero-order valence-corrected chi connectivity index (χ0v) is 56.8. The minimum absolute atomic E-state index is 0.225. The van der Waals surface area contributed by atoms with Crippen molar-refractivity contribution >= 4 is 100 Å². The van der Waals surface area contributed by atoms with Crippen LogP contribution in [-0.4, -0.2) is 21.8 Å². The van der Waals surface area contributed by atoms with Crippen molar-refractivity contribution in [2.75, 3.05) is 0 Å². The Hall–Kier alpha value is -1.96. The summed E-state index contributed by atoms with van der Waals surface area (Å²) in [6.45, 7) is 9.16. The Bertz CT molecular complexity index is 2480. The van der Waals surface area contributed by atoms with Crippen LogP contribution in [0.2, 0.25) is 0 Å². The van der Waals surface area contributed by atoms with Crippen LogP contribution in [0.4, 0.5) is 0 Å². The maximum atomic E-state index is 14.5. The van der Waals surface area contributed by atoms with Crippen molar-refractivity contribution in [3.8, 4) is 19.6 Å². The Morgan fingerprint density at radius 3 is 1.05 bits per heavy atom. The number of fused-ring (bicyclic) bond motifs is 1. The molecule has 12 heteroatoms. The van der Waals surface area contributed by atoms with E-state index in [9.17, 15) is 9.59 Å². The number of carbonyl (C=O) groups is 2. The Morgan fingerprint density at radius 1 is 0.338 bits per heavy atom. The van der Waals surface area contributed by atoms with Crippen LogP contribution in [0, 0.1) is 0 Å². The number of thiophene rings is 2. The summed E-state index contributed by atoms with van der Waals surface area (Å²) in [5, 5.41) is 8.27. The Kier molecular flexibility index (Phi) is 33.3. The summed E-state index contributed by atoms with van der Waals surface area (Å²) in [4.78, 5) is 44.6. The van der Waals surface area contributed by atoms with Gasteiger partial charge in [0.15, 0.2) is 0 Å². The summed E-state index contributed by atoms with van der Waals surface area (Å²) in [6.07, 6.45) is 55.8. The lowest BCUT2D eigenvalue weighted by Gasteiger charge is -2.07. The Labute approximate surface area is 519 Å². The Balaban J connectivity index is 1.23. The summed E-state index contributed by atoms with van der Waals surface area (Å²) < 4.78 is 2.27. The first-order valence-corrected chi connectivity index (χ1v) is 37.8. The lowest BCUT2D eigenvalue weighted by atomic mass is 10.0. The zero-order valence-electron chi connectivity index (χ0n) is 50.4. The third-order valence-corrected chi connectivity index (χ3v) is 22.5. The molecule has 446 valence electrons. The standard InChI is InChI=1S/C68H104Br2N4O2S4/c1-5-9-13-17-21-25-29-33-37-41-45-51-49-55(69)77-61(51)64-54(48-44-40-36-32-28-24-20-16-12-8-4)71-67(80-64)60-58-57(65(75)74-60)59(73-66(58)76)63-53(47-43-39-35-31-27-23-19-15-11-7-3)72-68(79-63)62-52(50-56(70)78-62)46-42-38-34-30-26-22-18-14-10-6-2/h49-50H,5-48H2,1-4H3,(H,73,76)(H,74,75). The van der Waals surface area contributed by atoms with Gasteiger partial charge in [-0.05, 0) is 106 Å². The van der Waals surface area contributed by atoms with Crippen LogP contribution < -0.4 is 10.6 Å². The van der Waals surface area contributed by atoms with Crippen molar-refractivity contribution in [1.29, 1.82) is 0 Å². The number of unbranched alkanes of at least 4 members (excludes halogenated alkanes) is 36. The summed E-state index contributed by atoms with van der Waals surface area (Å²) in [5.41, 5.74) is 6.91. The van der Waals surface area contributed by atoms with Crippen molar-refractivity contribution in [3.63, 3.8) is 0 Å². The van der Waals surface area contributed by atoms with Crippen LogP contribution in [0.15, 0.2) is 30.9 Å². The van der Waals surface area contributed by atoms with E-state index in [-0.39, 0.29) is 11.8 Å². The molecule has 0 spiro atoms. The number of thiazole rings is 2. The zero-order chi connectivity index (χ0) is 56.6. The van der Waals surface area contributed by atoms with Gasteiger partial charge >= 0.3 is 0 Å². The molecule has 2 aliphatic rings. The summed E-state index contributed by atoms with van der Waals surface area (Å²) in [5.74, 6) is -0.450. The fraction of sp³-hybridized carbons (Fsp3) is 0.706. The van der Waals surface area contributed by atoms with Crippen molar-refractivity contribution < 1.29 is 9.59 Å². The average Bonchev–Trinajstić information content (AvgIpc) is 4.41. The molecule has 0 saturated carbocycles. The highest BCUT2D eigenvalue weighted by Gasteiger charge is 2.43. The van der Waals surface area contributed by atoms with E-state index in [4.69, 9.17) is 9.97 Å². The molecule has 0 bridgehead atoms. The highest BCUT2D eigenvalue weighted by molar-refractivity contribution is 9.11. The molecule has 2 N–H and O–H groups in total. The SMILES string of the molecule is CCCCCCCCCCCCc1cc(Br)sc1-c1nc(CCCCCCCCCCCC)c(C2=C3C(=O)NC(c4nc(CCCCCCCCCCCC)c(-c5sc(Br)cc5CCCCCCCCCCCC)s4)=C3C(=O)N2)s1. The summed E-state index contributed by atoms with van der Waals surface area (Å²) in [6, 6.07) is 4.64. The first-order chi connectivity index (χ1) is 39.3. The molecule has 0 atom stereocenters. The van der Waals surface area contributed by atoms with E-state index >= 15 is 0 Å². The maximum Gasteiger partial charge on any atom is 0.258 e. The fourth-order valence-electron chi connectivity index (χ4n) is 11.8. The number of aromatic nitrogens is 2. The largest absolute Gasteiger partial charge is 0.320 e. The third-order valence-electron chi connectivity index (χ3n) is 16.6. The Morgan fingerprint density at radius 2 is 0.637 bits per heavy atom. The first kappa shape index (κ1) is 67.2. The predicted molar refractivity (Wildman–Crippen MR) is 359 cm³/mol. The smallest absolute Gasteiger partial charge is 0.258 e. The van der Waals surface area contributed by atoms with Crippen molar-refractivity contribution in [2.24, 2.45) is 0 Å². The second-order valence-electron chi connectivity index (χ2n) is 23.5. The van der Waals surface area contributed by atoms with Gasteiger partial charge in [-0.1, -0.05) is 259 Å². The molecule has 0 aliphatic carbocycles. The van der Waals surface area contributed by atoms with Gasteiger partial charge in [-0.15, -0.1) is 45.3 Å². The molecule has 0 saturated heterocycles. The van der Waals surface area contributed by atoms with Crippen LogP contribution in [0.3, 0.4) is 0 Å². The maximum absolute atomic E-state index is 14.5. The third kappa shape index (κ3) is 22.5. The van der Waals surface area contributed by atoms with Gasteiger partial charge in [-0.3, -0.25) is 9.59 Å². The van der Waals surface area contributed by atoms with Crippen molar-refractivity contribution in [3.05, 3.63) is 63.3 Å². The number of amides is 2. The average molecular weight is 1300 g/mol. The first-order valence-electron chi connectivity index (χ1n) is 33.0. The molecule has 0 aromatic carbocycles. The molecule has 4 aromatic rings. The molecular weight excluding hydrogens is 1190 g/mol. The highest BCUT2D eigenvalue weighted by Crippen LogP contribution is 2.48. The molecule has 0 unspecified atom stereocenters. The van der Waals surface area contributed by atoms with E-state index < -0.39 is 0 Å². The monoisotopic (exact) mass is 1290 g/mol. The number of carbonyl (C=O) groups excluding carboxylic acids is 2. The normalized spacial score (nSPS) is 13.5. The van der Waals surface area contributed by atoms with E-state index in [2.05, 4.69) is 82.3 Å². The second-order valence-corrected chi connectivity index (χ2v) is 30.4. The molecule has 4 aromatic heterocycles. The topological polar surface area (TPSA) is 84.0 Å². The van der Waals surface area contributed by atoms with Gasteiger partial charge in [0.25, 0.3) is 11.8 Å². The van der Waals surface area contributed by atoms with E-state index in [1.54, 1.807) is 34.0 Å². The molecule has 6 nitrogen and oxygen atoms in total. The number of halogens is 2. The molecule has 2 aliphatic heterocycles. The van der Waals surface area contributed by atoms with Crippen LogP contribution in [0.5, 0.6) is 0 Å². The lowest BCUT2D eigenvalue weighted by molar-refractivity contribution is -0.117. The second kappa shape index (κ2) is 39.6. The number of nitrogens with zero attached hydrogens (tertiary/aromatic N) is 2. The molecule has 0 fully saturated rings. The number of nitrogens with one attached hydrogen (secondary N) is 2. The van der Waals surface area contributed by atoms with Crippen LogP contribution in [0.25, 0.3) is 31.0 Å². The fourth-order valence-corrected chi connectivity index (χ4v) is 17.8. The molecule has 2 amide bonds. The van der Waals surface area contributed by atoms with Crippen LogP contribution in [-0.2, 0) is 35.3 Å². The van der Waals surface area contributed by atoms with Gasteiger partial charge in [-0.25, -0.2) is 9.97 Å². The molecule has 6 rings (SSSR count). The number of hydrogen-bond donors (Lipinski definition) is 2. The van der Waals surface area contributed by atoms with Gasteiger partial charge in [0.2, 0.25) is 0 Å². The van der Waals surface area contributed by atoms with Gasteiger partial charge in [-0.2, -0.15) is 0 Å². The van der Waals surface area contributed by atoms with Gasteiger partial charge in [0.05, 0.1) is 61.0 Å². The van der Waals surface area contributed by atoms with E-state index in [0.29, 0.717) is 22.5 Å². The summed E-state index contributed by atoms with van der Waals surface area (Å²) in [7, 11) is 0. The quantitative estimate of drug-likeness (QED) is 0.0432. The number of rotatable bonds is 48. The molecular formula is C68H104Br2N4O2S4. The van der Waals surface area contributed by atoms with Crippen LogP contribution in [0.1, 0.15) is 317 Å². The highest BCUT2D eigenvalue weighted by atomic mass is 79.9. The minimum Gasteiger partial charge on any atom is -0.320 e.